The van der Waals surface area contributed by atoms with Gasteiger partial charge in [-0.3, -0.25) is 11.3 Å². The second-order valence-electron chi connectivity index (χ2n) is 6.49. The summed E-state index contributed by atoms with van der Waals surface area (Å²) in [5.74, 6) is 8.00. The van der Waals surface area contributed by atoms with E-state index in [4.69, 9.17) is 17.4 Å². The molecule has 0 spiro atoms. The summed E-state index contributed by atoms with van der Waals surface area (Å²) in [5.41, 5.74) is 3.87. The molecule has 2 nitrogen and oxygen atoms in total. The van der Waals surface area contributed by atoms with Gasteiger partial charge in [-0.1, -0.05) is 24.1 Å². The van der Waals surface area contributed by atoms with E-state index in [0.29, 0.717) is 0 Å². The zero-order valence-electron chi connectivity index (χ0n) is 11.6. The summed E-state index contributed by atoms with van der Waals surface area (Å²) in [4.78, 5) is 0. The molecule has 4 unspecified atom stereocenters. The van der Waals surface area contributed by atoms with Crippen molar-refractivity contribution in [2.45, 2.75) is 44.6 Å². The summed E-state index contributed by atoms with van der Waals surface area (Å²) in [6.07, 6.45) is 7.45. The van der Waals surface area contributed by atoms with Crippen LogP contribution in [0.2, 0.25) is 5.02 Å². The number of hydrogen-bond donors (Lipinski definition) is 2. The van der Waals surface area contributed by atoms with Crippen molar-refractivity contribution in [2.75, 3.05) is 0 Å². The lowest BCUT2D eigenvalue weighted by atomic mass is 9.83. The van der Waals surface area contributed by atoms with Crippen molar-refractivity contribution >= 4 is 11.6 Å². The minimum Gasteiger partial charge on any atom is -0.271 e. The fourth-order valence-electron chi connectivity index (χ4n) is 4.19. The molecule has 20 heavy (non-hydrogen) atoms. The van der Waals surface area contributed by atoms with Crippen LogP contribution in [0.25, 0.3) is 0 Å². The Labute approximate surface area is 124 Å². The lowest BCUT2D eigenvalue weighted by Crippen LogP contribution is -2.39. The first kappa shape index (κ1) is 14.3. The van der Waals surface area contributed by atoms with Gasteiger partial charge in [-0.2, -0.15) is 0 Å². The van der Waals surface area contributed by atoms with Gasteiger partial charge in [0.1, 0.15) is 5.82 Å². The average Bonchev–Trinajstić information content (AvgIpc) is 3.04. The first-order valence-electron chi connectivity index (χ1n) is 7.55. The smallest absolute Gasteiger partial charge is 0.142 e. The summed E-state index contributed by atoms with van der Waals surface area (Å²) in [6.45, 7) is 0. The van der Waals surface area contributed by atoms with Gasteiger partial charge >= 0.3 is 0 Å². The Kier molecular flexibility index (Phi) is 4.29. The molecule has 0 heterocycles. The Bertz CT molecular complexity index is 480. The van der Waals surface area contributed by atoms with Crippen molar-refractivity contribution in [1.29, 1.82) is 0 Å². The minimum atomic E-state index is -0.347. The third-order valence-electron chi connectivity index (χ3n) is 5.17. The van der Waals surface area contributed by atoms with Crippen LogP contribution in [0.1, 0.15) is 37.7 Å². The molecule has 4 atom stereocenters. The van der Waals surface area contributed by atoms with Crippen molar-refractivity contribution in [3.63, 3.8) is 0 Å². The molecule has 1 aromatic carbocycles. The van der Waals surface area contributed by atoms with Crippen molar-refractivity contribution in [3.8, 4) is 0 Å². The Morgan fingerprint density at radius 3 is 2.80 bits per heavy atom. The number of hydrazine groups is 1. The SMILES string of the molecule is NNC(Cc1ccc(Cl)c(F)c1)CC1CC2CCC1C2. The number of halogens is 2. The number of nitrogens with two attached hydrogens (primary N) is 1. The molecule has 0 aromatic heterocycles. The van der Waals surface area contributed by atoms with Gasteiger partial charge in [-0.15, -0.1) is 0 Å². The van der Waals surface area contributed by atoms with Crippen molar-refractivity contribution in [1.82, 2.24) is 5.43 Å². The third-order valence-corrected chi connectivity index (χ3v) is 5.48. The van der Waals surface area contributed by atoms with Gasteiger partial charge in [0, 0.05) is 6.04 Å². The highest BCUT2D eigenvalue weighted by Gasteiger charge is 2.39. The van der Waals surface area contributed by atoms with Gasteiger partial charge in [-0.05, 0) is 67.6 Å². The van der Waals surface area contributed by atoms with Crippen molar-refractivity contribution in [2.24, 2.45) is 23.6 Å². The van der Waals surface area contributed by atoms with E-state index in [1.807, 2.05) is 6.07 Å². The normalized spacial score (nSPS) is 29.9. The molecular weight excluding hydrogens is 275 g/mol. The maximum absolute atomic E-state index is 13.5. The van der Waals surface area contributed by atoms with E-state index in [1.54, 1.807) is 6.07 Å². The molecule has 0 radical (unpaired) electrons. The Morgan fingerprint density at radius 1 is 1.35 bits per heavy atom. The molecule has 0 saturated heterocycles. The van der Waals surface area contributed by atoms with Gasteiger partial charge in [0.2, 0.25) is 0 Å². The van der Waals surface area contributed by atoms with E-state index in [0.717, 1.165) is 36.2 Å². The molecule has 2 aliphatic carbocycles. The zero-order valence-corrected chi connectivity index (χ0v) is 12.4. The first-order valence-corrected chi connectivity index (χ1v) is 7.93. The molecule has 0 amide bonds. The van der Waals surface area contributed by atoms with E-state index in [1.165, 1.54) is 31.7 Å². The molecule has 110 valence electrons. The average molecular weight is 297 g/mol. The second-order valence-corrected chi connectivity index (χ2v) is 6.89. The van der Waals surface area contributed by atoms with Crippen LogP contribution in [0.15, 0.2) is 18.2 Å². The maximum Gasteiger partial charge on any atom is 0.142 e. The second kappa shape index (κ2) is 6.00. The van der Waals surface area contributed by atoms with Gasteiger partial charge in [0.05, 0.1) is 5.02 Å². The van der Waals surface area contributed by atoms with Crippen LogP contribution in [0.3, 0.4) is 0 Å². The topological polar surface area (TPSA) is 38.0 Å². The number of hydrogen-bond acceptors (Lipinski definition) is 2. The standard InChI is InChI=1S/C16H22ClFN2/c17-15-4-2-11(8-16(15)18)7-14(20-19)9-13-6-10-1-3-12(13)5-10/h2,4,8,10,12-14,20H,1,3,5-7,9,19H2. The van der Waals surface area contributed by atoms with E-state index in [2.05, 4.69) is 5.43 Å². The van der Waals surface area contributed by atoms with E-state index in [-0.39, 0.29) is 16.9 Å². The molecule has 1 aromatic rings. The predicted molar refractivity (Wildman–Crippen MR) is 79.8 cm³/mol. The number of benzene rings is 1. The van der Waals surface area contributed by atoms with Crippen LogP contribution in [-0.2, 0) is 6.42 Å². The summed E-state index contributed by atoms with van der Waals surface area (Å²) >= 11 is 5.72. The Hall–Kier alpha value is -0.640. The Morgan fingerprint density at radius 2 is 2.20 bits per heavy atom. The molecule has 0 aliphatic heterocycles. The highest BCUT2D eigenvalue weighted by Crippen LogP contribution is 2.49. The van der Waals surface area contributed by atoms with Crippen molar-refractivity contribution < 1.29 is 4.39 Å². The lowest BCUT2D eigenvalue weighted by Gasteiger charge is -2.26. The number of nitrogens with one attached hydrogen (secondary N) is 1. The van der Waals surface area contributed by atoms with Crippen molar-refractivity contribution in [3.05, 3.63) is 34.6 Å². The molecule has 2 aliphatic rings. The fourth-order valence-corrected chi connectivity index (χ4v) is 4.31. The van der Waals surface area contributed by atoms with Gasteiger partial charge in [-0.25, -0.2) is 4.39 Å². The van der Waals surface area contributed by atoms with E-state index in [9.17, 15) is 4.39 Å². The van der Waals surface area contributed by atoms with Crippen LogP contribution in [0.4, 0.5) is 4.39 Å². The number of fused-ring (bicyclic) bond motifs is 2. The lowest BCUT2D eigenvalue weighted by molar-refractivity contribution is 0.277. The largest absolute Gasteiger partial charge is 0.271 e. The molecule has 3 rings (SSSR count). The quantitative estimate of drug-likeness (QED) is 0.642. The summed E-state index contributed by atoms with van der Waals surface area (Å²) in [6, 6.07) is 5.25. The minimum absolute atomic E-state index is 0.180. The summed E-state index contributed by atoms with van der Waals surface area (Å²) in [5, 5.41) is 0.180. The van der Waals surface area contributed by atoms with E-state index < -0.39 is 0 Å². The molecule has 2 fully saturated rings. The molecule has 2 saturated carbocycles. The van der Waals surface area contributed by atoms with E-state index >= 15 is 0 Å². The fraction of sp³-hybridized carbons (Fsp3) is 0.625. The molecule has 2 bridgehead atoms. The monoisotopic (exact) mass is 296 g/mol. The number of rotatable bonds is 5. The van der Waals surface area contributed by atoms with Gasteiger partial charge in [0.25, 0.3) is 0 Å². The third kappa shape index (κ3) is 3.00. The first-order chi connectivity index (χ1) is 9.65. The Balaban J connectivity index is 1.60. The van der Waals surface area contributed by atoms with Crippen LogP contribution in [0, 0.1) is 23.6 Å². The molecule has 4 heteroatoms. The van der Waals surface area contributed by atoms with Crippen LogP contribution in [-0.4, -0.2) is 6.04 Å². The summed E-state index contributed by atoms with van der Waals surface area (Å²) in [7, 11) is 0. The van der Waals surface area contributed by atoms with Crippen LogP contribution < -0.4 is 11.3 Å². The van der Waals surface area contributed by atoms with Gasteiger partial charge in [0.15, 0.2) is 0 Å². The van der Waals surface area contributed by atoms with Crippen LogP contribution in [0.5, 0.6) is 0 Å². The highest BCUT2D eigenvalue weighted by atomic mass is 35.5. The molecular formula is C16H22ClFN2. The zero-order chi connectivity index (χ0) is 14.1. The predicted octanol–water partition coefficient (Wildman–Crippen LogP) is 3.68. The van der Waals surface area contributed by atoms with Crippen LogP contribution >= 0.6 is 11.6 Å². The molecule has 3 N–H and O–H groups in total. The highest BCUT2D eigenvalue weighted by molar-refractivity contribution is 6.30. The maximum atomic E-state index is 13.5. The summed E-state index contributed by atoms with van der Waals surface area (Å²) < 4.78 is 13.5. The van der Waals surface area contributed by atoms with Gasteiger partial charge < -0.3 is 0 Å².